The molecule has 1 spiro atoms. The van der Waals surface area contributed by atoms with E-state index in [-0.39, 0.29) is 19.3 Å². The molecule has 0 bridgehead atoms. The Morgan fingerprint density at radius 1 is 1.30 bits per heavy atom. The van der Waals surface area contributed by atoms with Gasteiger partial charge >= 0.3 is 5.97 Å². The van der Waals surface area contributed by atoms with Crippen LogP contribution < -0.4 is 5.73 Å². The lowest BCUT2D eigenvalue weighted by Gasteiger charge is -2.25. The first-order valence-corrected chi connectivity index (χ1v) is 6.75. The van der Waals surface area contributed by atoms with E-state index < -0.39 is 35.1 Å². The fourth-order valence-electron chi connectivity index (χ4n) is 3.22. The molecular formula is C13H18N2O5. The van der Waals surface area contributed by atoms with Gasteiger partial charge in [-0.3, -0.25) is 19.3 Å². The number of likely N-dealkylation sites (tertiary alicyclic amines) is 1. The second-order valence-corrected chi connectivity index (χ2v) is 5.59. The van der Waals surface area contributed by atoms with Crippen molar-refractivity contribution >= 4 is 23.7 Å². The van der Waals surface area contributed by atoms with Crippen LogP contribution in [-0.4, -0.2) is 39.7 Å². The number of aliphatic carboxylic acids is 1. The molecule has 0 aromatic carbocycles. The summed E-state index contributed by atoms with van der Waals surface area (Å²) in [6, 6.07) is -1.29. The minimum absolute atomic E-state index is 0.0895. The molecule has 1 aliphatic carbocycles. The van der Waals surface area contributed by atoms with E-state index in [0.29, 0.717) is 12.8 Å². The van der Waals surface area contributed by atoms with Crippen molar-refractivity contribution in [2.75, 3.05) is 0 Å². The maximum atomic E-state index is 12.5. The third-order valence-corrected chi connectivity index (χ3v) is 4.25. The van der Waals surface area contributed by atoms with Gasteiger partial charge in [-0.25, -0.2) is 4.79 Å². The SMILES string of the molecule is NC(=O)CCC(C(=O)O)N1C(=O)CC2(CCCC2)C1=O. The van der Waals surface area contributed by atoms with Crippen molar-refractivity contribution in [3.8, 4) is 0 Å². The van der Waals surface area contributed by atoms with Crippen LogP contribution in [-0.2, 0) is 19.2 Å². The molecule has 3 N–H and O–H groups in total. The Kier molecular flexibility index (Phi) is 3.78. The maximum Gasteiger partial charge on any atom is 0.326 e. The standard InChI is InChI=1S/C13H18N2O5/c14-9(16)4-3-8(11(18)19)15-10(17)7-13(12(15)20)5-1-2-6-13/h8H,1-7H2,(H2,14,16)(H,18,19). The van der Waals surface area contributed by atoms with Crippen LogP contribution in [0.2, 0.25) is 0 Å². The van der Waals surface area contributed by atoms with Gasteiger partial charge in [-0.15, -0.1) is 0 Å². The van der Waals surface area contributed by atoms with Crippen LogP contribution in [0.1, 0.15) is 44.9 Å². The van der Waals surface area contributed by atoms with Crippen LogP contribution in [0.15, 0.2) is 0 Å². The highest BCUT2D eigenvalue weighted by Crippen LogP contribution is 2.47. The number of hydrogen-bond donors (Lipinski definition) is 2. The minimum Gasteiger partial charge on any atom is -0.480 e. The maximum absolute atomic E-state index is 12.5. The van der Waals surface area contributed by atoms with E-state index in [4.69, 9.17) is 5.73 Å². The van der Waals surface area contributed by atoms with E-state index in [1.54, 1.807) is 0 Å². The fraction of sp³-hybridized carbons (Fsp3) is 0.692. The highest BCUT2D eigenvalue weighted by molar-refractivity contribution is 6.08. The van der Waals surface area contributed by atoms with Crippen LogP contribution in [0.5, 0.6) is 0 Å². The lowest BCUT2D eigenvalue weighted by Crippen LogP contribution is -2.46. The van der Waals surface area contributed by atoms with Gasteiger partial charge in [0.15, 0.2) is 0 Å². The number of nitrogens with two attached hydrogens (primary N) is 1. The molecule has 2 fully saturated rings. The summed E-state index contributed by atoms with van der Waals surface area (Å²) in [7, 11) is 0. The molecule has 1 aliphatic heterocycles. The summed E-state index contributed by atoms with van der Waals surface area (Å²) in [6.45, 7) is 0. The number of rotatable bonds is 5. The van der Waals surface area contributed by atoms with Gasteiger partial charge in [0.1, 0.15) is 6.04 Å². The van der Waals surface area contributed by atoms with Crippen LogP contribution in [0.4, 0.5) is 0 Å². The van der Waals surface area contributed by atoms with Gasteiger partial charge < -0.3 is 10.8 Å². The average molecular weight is 282 g/mol. The van der Waals surface area contributed by atoms with Gasteiger partial charge in [0.25, 0.3) is 0 Å². The Labute approximate surface area is 116 Å². The van der Waals surface area contributed by atoms with E-state index in [9.17, 15) is 24.3 Å². The summed E-state index contributed by atoms with van der Waals surface area (Å²) in [5, 5.41) is 9.22. The largest absolute Gasteiger partial charge is 0.480 e. The lowest BCUT2D eigenvalue weighted by atomic mass is 9.84. The molecule has 7 nitrogen and oxygen atoms in total. The average Bonchev–Trinajstić information content (AvgIpc) is 2.90. The number of amides is 3. The minimum atomic E-state index is -1.29. The molecule has 1 unspecified atom stereocenters. The van der Waals surface area contributed by atoms with Crippen molar-refractivity contribution in [1.82, 2.24) is 4.90 Å². The van der Waals surface area contributed by atoms with Crippen molar-refractivity contribution in [1.29, 1.82) is 0 Å². The van der Waals surface area contributed by atoms with Gasteiger partial charge in [0.2, 0.25) is 17.7 Å². The van der Waals surface area contributed by atoms with Crippen molar-refractivity contribution in [3.05, 3.63) is 0 Å². The quantitative estimate of drug-likeness (QED) is 0.689. The molecule has 2 aliphatic rings. The van der Waals surface area contributed by atoms with Crippen molar-refractivity contribution in [2.24, 2.45) is 11.1 Å². The number of carboxylic acid groups (broad SMARTS) is 1. The molecule has 2 rings (SSSR count). The second-order valence-electron chi connectivity index (χ2n) is 5.59. The number of carboxylic acids is 1. The molecule has 1 heterocycles. The van der Waals surface area contributed by atoms with E-state index in [1.807, 2.05) is 0 Å². The summed E-state index contributed by atoms with van der Waals surface area (Å²) in [5.74, 6) is -2.76. The Hall–Kier alpha value is -1.92. The first-order chi connectivity index (χ1) is 9.37. The second kappa shape index (κ2) is 5.22. The number of primary amides is 1. The smallest absolute Gasteiger partial charge is 0.326 e. The predicted molar refractivity (Wildman–Crippen MR) is 67.2 cm³/mol. The number of carbonyl (C=O) groups is 4. The highest BCUT2D eigenvalue weighted by Gasteiger charge is 2.55. The molecular weight excluding hydrogens is 264 g/mol. The van der Waals surface area contributed by atoms with Gasteiger partial charge in [0.05, 0.1) is 5.41 Å². The van der Waals surface area contributed by atoms with E-state index >= 15 is 0 Å². The molecule has 1 atom stereocenters. The van der Waals surface area contributed by atoms with E-state index in [0.717, 1.165) is 17.7 Å². The third kappa shape index (κ3) is 2.39. The van der Waals surface area contributed by atoms with E-state index in [2.05, 4.69) is 0 Å². The molecule has 20 heavy (non-hydrogen) atoms. The number of imide groups is 1. The zero-order valence-electron chi connectivity index (χ0n) is 11.1. The molecule has 110 valence electrons. The molecule has 0 aromatic heterocycles. The van der Waals surface area contributed by atoms with Crippen LogP contribution in [0.25, 0.3) is 0 Å². The molecule has 0 aromatic rings. The number of hydrogen-bond acceptors (Lipinski definition) is 4. The van der Waals surface area contributed by atoms with Gasteiger partial charge in [-0.1, -0.05) is 12.8 Å². The molecule has 7 heteroatoms. The molecule has 3 amide bonds. The van der Waals surface area contributed by atoms with Gasteiger partial charge in [0, 0.05) is 12.8 Å². The lowest BCUT2D eigenvalue weighted by molar-refractivity contribution is -0.156. The van der Waals surface area contributed by atoms with Crippen LogP contribution >= 0.6 is 0 Å². The zero-order chi connectivity index (χ0) is 14.9. The third-order valence-electron chi connectivity index (χ3n) is 4.25. The summed E-state index contributed by atoms with van der Waals surface area (Å²) in [6.07, 6.45) is 2.83. The number of carbonyl (C=O) groups excluding carboxylic acids is 3. The molecule has 1 saturated heterocycles. The number of nitrogens with zero attached hydrogens (tertiary/aromatic N) is 1. The molecule has 1 saturated carbocycles. The summed E-state index contributed by atoms with van der Waals surface area (Å²) >= 11 is 0. The monoisotopic (exact) mass is 282 g/mol. The Balaban J connectivity index is 2.20. The Bertz CT molecular complexity index is 467. The van der Waals surface area contributed by atoms with Gasteiger partial charge in [-0.2, -0.15) is 0 Å². The zero-order valence-corrected chi connectivity index (χ0v) is 11.1. The van der Waals surface area contributed by atoms with Crippen LogP contribution in [0, 0.1) is 5.41 Å². The first kappa shape index (κ1) is 14.5. The van der Waals surface area contributed by atoms with Crippen molar-refractivity contribution in [2.45, 2.75) is 51.0 Å². The molecule has 0 radical (unpaired) electrons. The highest BCUT2D eigenvalue weighted by atomic mass is 16.4. The van der Waals surface area contributed by atoms with Crippen LogP contribution in [0.3, 0.4) is 0 Å². The fourth-order valence-corrected chi connectivity index (χ4v) is 3.22. The summed E-state index contributed by atoms with van der Waals surface area (Å²) < 4.78 is 0. The summed E-state index contributed by atoms with van der Waals surface area (Å²) in [5.41, 5.74) is 4.31. The first-order valence-electron chi connectivity index (χ1n) is 6.75. The normalized spacial score (nSPS) is 22.5. The predicted octanol–water partition coefficient (Wildman–Crippen LogP) is 0.0244. The van der Waals surface area contributed by atoms with Crippen molar-refractivity contribution < 1.29 is 24.3 Å². The van der Waals surface area contributed by atoms with Gasteiger partial charge in [-0.05, 0) is 19.3 Å². The van der Waals surface area contributed by atoms with Crippen molar-refractivity contribution in [3.63, 3.8) is 0 Å². The Morgan fingerprint density at radius 2 is 1.90 bits per heavy atom. The Morgan fingerprint density at radius 3 is 2.40 bits per heavy atom. The summed E-state index contributed by atoms with van der Waals surface area (Å²) in [4.78, 5) is 47.5. The van der Waals surface area contributed by atoms with E-state index in [1.165, 1.54) is 0 Å². The topological polar surface area (TPSA) is 118 Å².